The number of carbonyl (C=O) groups excluding carboxylic acids is 2. The molecule has 0 rings (SSSR count). The third-order valence-electron chi connectivity index (χ3n) is 8.89. The van der Waals surface area contributed by atoms with Gasteiger partial charge in [-0.3, -0.25) is 9.59 Å². The molecule has 0 N–H and O–H groups in total. The normalized spacial score (nSPS) is 12.6. The Morgan fingerprint density at radius 3 is 1.40 bits per heavy atom. The number of esters is 2. The molecule has 0 aromatic heterocycles. The number of unbranched alkanes of at least 4 members (excludes halogenated alkanes) is 19. The van der Waals surface area contributed by atoms with Crippen molar-refractivity contribution in [1.82, 2.24) is 0 Å². The van der Waals surface area contributed by atoms with E-state index in [1.54, 1.807) is 0 Å². The van der Waals surface area contributed by atoms with Crippen LogP contribution in [0.3, 0.4) is 0 Å². The zero-order valence-electron chi connectivity index (χ0n) is 33.2. The second kappa shape index (κ2) is 41.3. The second-order valence-electron chi connectivity index (χ2n) is 13.9. The van der Waals surface area contributed by atoms with Crippen molar-refractivity contribution in [3.8, 4) is 0 Å². The summed E-state index contributed by atoms with van der Waals surface area (Å²) >= 11 is 0. The Balaban J connectivity index is 4.32. The molecule has 0 saturated heterocycles. The number of carbonyl (C=O) groups is 2. The van der Waals surface area contributed by atoms with Crippen LogP contribution in [0.25, 0.3) is 0 Å². The third kappa shape index (κ3) is 38.7. The van der Waals surface area contributed by atoms with Crippen LogP contribution in [0.4, 0.5) is 0 Å². The molecule has 1 unspecified atom stereocenters. The molecule has 0 aromatic carbocycles. The van der Waals surface area contributed by atoms with Crippen molar-refractivity contribution in [1.29, 1.82) is 0 Å². The number of ether oxygens (including phenoxy) is 3. The van der Waals surface area contributed by atoms with Gasteiger partial charge in [0.15, 0.2) is 6.10 Å². The molecule has 0 aliphatic carbocycles. The van der Waals surface area contributed by atoms with Crippen molar-refractivity contribution in [3.05, 3.63) is 48.6 Å². The van der Waals surface area contributed by atoms with Gasteiger partial charge in [0.2, 0.25) is 0 Å². The highest BCUT2D eigenvalue weighted by atomic mass is 16.6. The number of hydrogen-bond acceptors (Lipinski definition) is 5. The van der Waals surface area contributed by atoms with Crippen LogP contribution < -0.4 is 0 Å². The molecule has 50 heavy (non-hydrogen) atoms. The maximum absolute atomic E-state index is 12.6. The fraction of sp³-hybridized carbons (Fsp3) is 0.778. The zero-order chi connectivity index (χ0) is 36.4. The van der Waals surface area contributed by atoms with Gasteiger partial charge in [-0.2, -0.15) is 0 Å². The highest BCUT2D eigenvalue weighted by Gasteiger charge is 2.17. The van der Waals surface area contributed by atoms with E-state index >= 15 is 0 Å². The lowest BCUT2D eigenvalue weighted by Gasteiger charge is -2.18. The lowest BCUT2D eigenvalue weighted by molar-refractivity contribution is -0.162. The minimum atomic E-state index is -0.556. The monoisotopic (exact) mass is 701 g/mol. The Morgan fingerprint density at radius 2 is 0.900 bits per heavy atom. The molecule has 0 aliphatic rings. The minimum absolute atomic E-state index is 0.0506. The molecule has 0 aliphatic heterocycles. The summed E-state index contributed by atoms with van der Waals surface area (Å²) in [6.45, 7) is 7.62. The first-order chi connectivity index (χ1) is 24.6. The summed E-state index contributed by atoms with van der Waals surface area (Å²) in [5.41, 5.74) is 0. The Bertz CT molecular complexity index is 842. The Hall–Kier alpha value is -2.14. The van der Waals surface area contributed by atoms with Crippen LogP contribution in [0.2, 0.25) is 0 Å². The van der Waals surface area contributed by atoms with E-state index in [4.69, 9.17) is 14.2 Å². The van der Waals surface area contributed by atoms with E-state index in [-0.39, 0.29) is 25.2 Å². The Kier molecular flexibility index (Phi) is 39.5. The van der Waals surface area contributed by atoms with Crippen LogP contribution in [0.15, 0.2) is 48.6 Å². The molecule has 0 radical (unpaired) electrons. The first-order valence-electron chi connectivity index (χ1n) is 21.2. The van der Waals surface area contributed by atoms with Gasteiger partial charge in [-0.25, -0.2) is 0 Å². The molecule has 5 heteroatoms. The molecule has 0 spiro atoms. The van der Waals surface area contributed by atoms with Gasteiger partial charge in [-0.05, 0) is 44.9 Å². The quantitative estimate of drug-likeness (QED) is 0.0364. The zero-order valence-corrected chi connectivity index (χ0v) is 33.2. The third-order valence-corrected chi connectivity index (χ3v) is 8.89. The lowest BCUT2D eigenvalue weighted by atomic mass is 10.1. The largest absolute Gasteiger partial charge is 0.462 e. The predicted octanol–water partition coefficient (Wildman–Crippen LogP) is 13.7. The van der Waals surface area contributed by atoms with Crippen LogP contribution in [0, 0.1) is 0 Å². The van der Waals surface area contributed by atoms with Crippen LogP contribution in [-0.2, 0) is 23.8 Å². The van der Waals surface area contributed by atoms with Crippen molar-refractivity contribution in [2.75, 3.05) is 19.8 Å². The van der Waals surface area contributed by atoms with Gasteiger partial charge in [0.1, 0.15) is 6.61 Å². The van der Waals surface area contributed by atoms with E-state index in [2.05, 4.69) is 63.3 Å². The van der Waals surface area contributed by atoms with Crippen molar-refractivity contribution in [2.24, 2.45) is 0 Å². The molecule has 0 fully saturated rings. The van der Waals surface area contributed by atoms with Crippen molar-refractivity contribution < 1.29 is 23.8 Å². The summed E-state index contributed by atoms with van der Waals surface area (Å²) in [5.74, 6) is -0.490. The number of hydrogen-bond donors (Lipinski definition) is 0. The molecule has 0 amide bonds. The molecular weight excluding hydrogens is 620 g/mol. The smallest absolute Gasteiger partial charge is 0.306 e. The van der Waals surface area contributed by atoms with Gasteiger partial charge < -0.3 is 14.2 Å². The fourth-order valence-electron chi connectivity index (χ4n) is 5.76. The minimum Gasteiger partial charge on any atom is -0.462 e. The van der Waals surface area contributed by atoms with Gasteiger partial charge >= 0.3 is 11.9 Å². The van der Waals surface area contributed by atoms with E-state index in [1.807, 2.05) is 6.08 Å². The van der Waals surface area contributed by atoms with E-state index in [1.165, 1.54) is 109 Å². The van der Waals surface area contributed by atoms with Gasteiger partial charge in [-0.1, -0.05) is 191 Å². The Morgan fingerprint density at radius 1 is 0.460 bits per heavy atom. The molecular formula is C45H80O5. The van der Waals surface area contributed by atoms with Crippen molar-refractivity contribution >= 4 is 11.9 Å². The molecule has 5 nitrogen and oxygen atoms in total. The van der Waals surface area contributed by atoms with Gasteiger partial charge in [0.25, 0.3) is 0 Å². The average molecular weight is 701 g/mol. The summed E-state index contributed by atoms with van der Waals surface area (Å²) in [6.07, 6.45) is 48.3. The molecule has 0 saturated carbocycles. The summed E-state index contributed by atoms with van der Waals surface area (Å²) in [5, 5.41) is 0. The summed E-state index contributed by atoms with van der Waals surface area (Å²) in [6, 6.07) is 0. The summed E-state index contributed by atoms with van der Waals surface area (Å²) in [4.78, 5) is 25.1. The van der Waals surface area contributed by atoms with E-state index in [9.17, 15) is 9.59 Å². The highest BCUT2D eigenvalue weighted by molar-refractivity contribution is 5.70. The molecule has 1 atom stereocenters. The number of rotatable bonds is 38. The first-order valence-corrected chi connectivity index (χ1v) is 21.2. The molecule has 0 bridgehead atoms. The standard InChI is InChI=1S/C45H80O5/c1-4-7-10-13-16-19-21-23-24-27-29-32-35-38-44(46)49-42-43(50-45(47)39-36-33-30-26-18-15-12-9-6-3)41-48-40-37-34-31-28-25-22-20-17-14-11-8-5-2/h7,10,16,19,23-24,29,32,43H,4-6,8-9,11-15,17-18,20-22,25-28,30-31,33-42H2,1-3H3/b10-7-,19-16-,24-23-,32-29-. The number of allylic oxidation sites excluding steroid dienone is 8. The Labute approximate surface area is 310 Å². The lowest BCUT2D eigenvalue weighted by Crippen LogP contribution is -2.30. The van der Waals surface area contributed by atoms with Crippen LogP contribution in [0.1, 0.15) is 201 Å². The van der Waals surface area contributed by atoms with E-state index in [0.29, 0.717) is 25.9 Å². The van der Waals surface area contributed by atoms with Crippen LogP contribution >= 0.6 is 0 Å². The van der Waals surface area contributed by atoms with Gasteiger partial charge in [0, 0.05) is 19.4 Å². The predicted molar refractivity (Wildman–Crippen MR) is 215 cm³/mol. The van der Waals surface area contributed by atoms with E-state index < -0.39 is 6.10 Å². The van der Waals surface area contributed by atoms with Crippen molar-refractivity contribution in [2.45, 2.75) is 207 Å². The first kappa shape index (κ1) is 47.9. The summed E-state index contributed by atoms with van der Waals surface area (Å²) in [7, 11) is 0. The maximum atomic E-state index is 12.6. The van der Waals surface area contributed by atoms with E-state index in [0.717, 1.165) is 51.4 Å². The maximum Gasteiger partial charge on any atom is 0.306 e. The fourth-order valence-corrected chi connectivity index (χ4v) is 5.76. The molecule has 290 valence electrons. The molecule has 0 aromatic rings. The average Bonchev–Trinajstić information content (AvgIpc) is 3.11. The molecule has 0 heterocycles. The summed E-state index contributed by atoms with van der Waals surface area (Å²) < 4.78 is 17.2. The van der Waals surface area contributed by atoms with Crippen LogP contribution in [0.5, 0.6) is 0 Å². The topological polar surface area (TPSA) is 61.8 Å². The SMILES string of the molecule is CC/C=C\C/C=C\C/C=C\C/C=C\CCC(=O)OCC(COCCCCCCCCCCCCCC)OC(=O)CCCCCCCCCCC. The highest BCUT2D eigenvalue weighted by Crippen LogP contribution is 2.13. The van der Waals surface area contributed by atoms with Gasteiger partial charge in [0.05, 0.1) is 6.61 Å². The second-order valence-corrected chi connectivity index (χ2v) is 13.9. The van der Waals surface area contributed by atoms with Crippen LogP contribution in [-0.4, -0.2) is 37.9 Å². The van der Waals surface area contributed by atoms with Crippen molar-refractivity contribution in [3.63, 3.8) is 0 Å². The van der Waals surface area contributed by atoms with Gasteiger partial charge in [-0.15, -0.1) is 0 Å².